The molecule has 0 aromatic carbocycles. The van der Waals surface area contributed by atoms with Gasteiger partial charge in [0, 0.05) is 0 Å². The highest BCUT2D eigenvalue weighted by Gasteiger charge is 2.48. The number of nitrogens with one attached hydrogen (secondary N) is 1. The van der Waals surface area contributed by atoms with Crippen molar-refractivity contribution in [3.8, 4) is 0 Å². The average Bonchev–Trinajstić information content (AvgIpc) is 3.29. The van der Waals surface area contributed by atoms with Crippen molar-refractivity contribution in [2.24, 2.45) is 0 Å². The first-order chi connectivity index (χ1) is 31.9. The van der Waals surface area contributed by atoms with Crippen LogP contribution in [0.2, 0.25) is 0 Å². The Kier molecular flexibility index (Phi) is 40.2. The second-order valence-corrected chi connectivity index (χ2v) is 20.0. The Morgan fingerprint density at radius 3 is 1.45 bits per heavy atom. The van der Waals surface area contributed by atoms with E-state index in [1.165, 1.54) is 173 Å². The molecule has 14 heteroatoms. The van der Waals surface area contributed by atoms with Crippen LogP contribution in [0.4, 0.5) is 0 Å². The lowest BCUT2D eigenvalue weighted by molar-refractivity contribution is -0.298. The van der Waals surface area contributed by atoms with Gasteiger partial charge >= 0.3 is 10.4 Å². The van der Waals surface area contributed by atoms with Crippen LogP contribution in [-0.4, -0.2) is 107 Å². The maximum Gasteiger partial charge on any atom is 0.397 e. The molecule has 13 nitrogen and oxygen atoms in total. The first-order valence-electron chi connectivity index (χ1n) is 26.8. The molecular formula is C52H99NO12S. The predicted octanol–water partition coefficient (Wildman–Crippen LogP) is 10.6. The van der Waals surface area contributed by atoms with E-state index < -0.39 is 78.5 Å². The van der Waals surface area contributed by atoms with E-state index in [0.717, 1.165) is 38.5 Å². The SMILES string of the molecule is CCCCCCCCCCCC/C=C/CC/C=C/C(O)C(COC1OC(CO)C(O)C(OS(=O)(=O)O)C1O)NC(=O)C(O)CCCCCCCCCCCCCCCCCCCCCCC. The van der Waals surface area contributed by atoms with Gasteiger partial charge in [0.1, 0.15) is 30.5 Å². The van der Waals surface area contributed by atoms with E-state index in [-0.39, 0.29) is 6.42 Å². The molecule has 0 aliphatic carbocycles. The molecule has 0 radical (unpaired) electrons. The van der Waals surface area contributed by atoms with Gasteiger partial charge in [-0.05, 0) is 32.1 Å². The zero-order valence-corrected chi connectivity index (χ0v) is 42.4. The molecule has 1 heterocycles. The van der Waals surface area contributed by atoms with Crippen LogP contribution >= 0.6 is 0 Å². The largest absolute Gasteiger partial charge is 0.397 e. The van der Waals surface area contributed by atoms with Crippen LogP contribution in [0.25, 0.3) is 0 Å². The van der Waals surface area contributed by atoms with Crippen LogP contribution in [0.3, 0.4) is 0 Å². The zero-order chi connectivity index (χ0) is 48.5. The highest BCUT2D eigenvalue weighted by Crippen LogP contribution is 2.26. The maximum absolute atomic E-state index is 13.2. The molecule has 8 atom stereocenters. The van der Waals surface area contributed by atoms with Crippen molar-refractivity contribution in [1.82, 2.24) is 5.32 Å². The molecule has 1 fully saturated rings. The first kappa shape index (κ1) is 62.6. The van der Waals surface area contributed by atoms with Crippen molar-refractivity contribution in [3.63, 3.8) is 0 Å². The summed E-state index contributed by atoms with van der Waals surface area (Å²) in [6.45, 7) is 3.23. The monoisotopic (exact) mass is 962 g/mol. The van der Waals surface area contributed by atoms with Gasteiger partial charge in [0.2, 0.25) is 5.91 Å². The number of rotatable bonds is 46. The Morgan fingerprint density at radius 1 is 0.606 bits per heavy atom. The summed E-state index contributed by atoms with van der Waals surface area (Å²) in [5.74, 6) is -0.708. The molecule has 8 unspecified atom stereocenters. The molecule has 0 bridgehead atoms. The number of amides is 1. The highest BCUT2D eigenvalue weighted by molar-refractivity contribution is 7.80. The van der Waals surface area contributed by atoms with Crippen molar-refractivity contribution in [1.29, 1.82) is 0 Å². The number of ether oxygens (including phenoxy) is 2. The third-order valence-corrected chi connectivity index (χ3v) is 13.3. The summed E-state index contributed by atoms with van der Waals surface area (Å²) in [4.78, 5) is 13.2. The Labute approximate surface area is 402 Å². The van der Waals surface area contributed by atoms with Gasteiger partial charge in [-0.15, -0.1) is 0 Å². The fraction of sp³-hybridized carbons (Fsp3) is 0.904. The fourth-order valence-electron chi connectivity index (χ4n) is 8.60. The summed E-state index contributed by atoms with van der Waals surface area (Å²) in [5, 5.41) is 55.4. The van der Waals surface area contributed by atoms with E-state index in [1.54, 1.807) is 6.08 Å². The summed E-state index contributed by atoms with van der Waals surface area (Å²) >= 11 is 0. The lowest BCUT2D eigenvalue weighted by atomic mass is 9.99. The third kappa shape index (κ3) is 33.9. The van der Waals surface area contributed by atoms with Crippen LogP contribution in [0.15, 0.2) is 24.3 Å². The molecular weight excluding hydrogens is 863 g/mol. The summed E-state index contributed by atoms with van der Waals surface area (Å²) in [7, 11) is -5.12. The van der Waals surface area contributed by atoms with Gasteiger partial charge in [-0.2, -0.15) is 8.42 Å². The topological polar surface area (TPSA) is 212 Å². The quantitative estimate of drug-likeness (QED) is 0.0173. The molecule has 1 saturated heterocycles. The van der Waals surface area contributed by atoms with Crippen molar-refractivity contribution in [3.05, 3.63) is 24.3 Å². The molecule has 1 aliphatic heterocycles. The van der Waals surface area contributed by atoms with Gasteiger partial charge in [-0.1, -0.05) is 231 Å². The number of carbonyl (C=O) groups is 1. The fourth-order valence-corrected chi connectivity index (χ4v) is 9.10. The lowest BCUT2D eigenvalue weighted by Gasteiger charge is -2.41. The van der Waals surface area contributed by atoms with Gasteiger partial charge in [-0.3, -0.25) is 9.35 Å². The Hall–Kier alpha value is -1.46. The summed E-state index contributed by atoms with van der Waals surface area (Å²) in [5.41, 5.74) is 0. The Morgan fingerprint density at radius 2 is 1.02 bits per heavy atom. The van der Waals surface area contributed by atoms with E-state index in [9.17, 15) is 43.3 Å². The molecule has 390 valence electrons. The first-order valence-corrected chi connectivity index (χ1v) is 28.2. The number of aliphatic hydroxyl groups excluding tert-OH is 5. The van der Waals surface area contributed by atoms with Crippen molar-refractivity contribution in [2.45, 2.75) is 288 Å². The summed E-state index contributed by atoms with van der Waals surface area (Å²) in [6.07, 6.45) is 38.3. The molecule has 7 N–H and O–H groups in total. The summed E-state index contributed by atoms with van der Waals surface area (Å²) in [6, 6.07) is -1.13. The van der Waals surface area contributed by atoms with E-state index in [0.29, 0.717) is 12.8 Å². The minimum Gasteiger partial charge on any atom is -0.394 e. The molecule has 0 spiro atoms. The van der Waals surface area contributed by atoms with Gasteiger partial charge in [0.25, 0.3) is 0 Å². The normalized spacial score (nSPS) is 20.6. The van der Waals surface area contributed by atoms with Crippen molar-refractivity contribution >= 4 is 16.3 Å². The minimum atomic E-state index is -5.12. The van der Waals surface area contributed by atoms with E-state index in [1.807, 2.05) is 0 Å². The van der Waals surface area contributed by atoms with Crippen LogP contribution in [-0.2, 0) is 28.9 Å². The maximum atomic E-state index is 13.2. The second-order valence-electron chi connectivity index (χ2n) is 19.0. The van der Waals surface area contributed by atoms with Crippen molar-refractivity contribution < 1.29 is 57.0 Å². The average molecular weight is 962 g/mol. The Bertz CT molecular complexity index is 1290. The number of unbranched alkanes of at least 4 members (excludes halogenated alkanes) is 31. The molecule has 1 aliphatic rings. The van der Waals surface area contributed by atoms with Gasteiger partial charge < -0.3 is 40.3 Å². The van der Waals surface area contributed by atoms with Gasteiger partial charge in [-0.25, -0.2) is 4.18 Å². The molecule has 66 heavy (non-hydrogen) atoms. The van der Waals surface area contributed by atoms with Crippen molar-refractivity contribution in [2.75, 3.05) is 13.2 Å². The number of carbonyl (C=O) groups excluding carboxylic acids is 1. The second kappa shape index (κ2) is 42.4. The molecule has 0 aromatic rings. The standard InChI is InChI=1S/C52H99NO12S/c1-3-5-7-9-11-13-15-17-19-21-22-23-24-25-27-29-31-33-35-37-39-41-46(56)51(59)53-44(43-63-52-49(58)50(65-66(60,61)62)48(57)47(42-54)64-52)45(55)40-38-36-34-32-30-28-26-20-18-16-14-12-10-8-6-4-2/h30,32,38,40,44-50,52,54-58H,3-29,31,33-37,39,41-43H2,1-2H3,(H,53,59)(H,60,61,62)/b32-30+,40-38+. The van der Waals surface area contributed by atoms with Gasteiger partial charge in [0.15, 0.2) is 6.29 Å². The van der Waals surface area contributed by atoms with E-state index >= 15 is 0 Å². The smallest absolute Gasteiger partial charge is 0.394 e. The zero-order valence-electron chi connectivity index (χ0n) is 41.6. The van der Waals surface area contributed by atoms with Crippen LogP contribution in [0, 0.1) is 0 Å². The third-order valence-electron chi connectivity index (χ3n) is 12.8. The summed E-state index contributed by atoms with van der Waals surface area (Å²) < 4.78 is 47.6. The molecule has 1 rings (SSSR count). The van der Waals surface area contributed by atoms with E-state index in [4.69, 9.17) is 9.47 Å². The number of aliphatic hydroxyl groups is 5. The number of allylic oxidation sites excluding steroid dienone is 3. The predicted molar refractivity (Wildman–Crippen MR) is 265 cm³/mol. The minimum absolute atomic E-state index is 0.241. The van der Waals surface area contributed by atoms with Crippen LogP contribution in [0.5, 0.6) is 0 Å². The van der Waals surface area contributed by atoms with Crippen LogP contribution in [0.1, 0.15) is 239 Å². The van der Waals surface area contributed by atoms with Gasteiger partial charge in [0.05, 0.1) is 25.4 Å². The van der Waals surface area contributed by atoms with E-state index in [2.05, 4.69) is 35.5 Å². The Balaban J connectivity index is 2.48. The number of hydrogen-bond donors (Lipinski definition) is 7. The lowest BCUT2D eigenvalue weighted by Crippen LogP contribution is -2.61. The molecule has 0 aromatic heterocycles. The number of hydrogen-bond acceptors (Lipinski definition) is 11. The van der Waals surface area contributed by atoms with Crippen LogP contribution < -0.4 is 5.32 Å². The highest BCUT2D eigenvalue weighted by atomic mass is 32.3. The molecule has 0 saturated carbocycles. The molecule has 1 amide bonds.